The van der Waals surface area contributed by atoms with E-state index >= 15 is 0 Å². The number of amides is 1. The number of hydrogen-bond acceptors (Lipinski definition) is 4. The lowest BCUT2D eigenvalue weighted by molar-refractivity contribution is -0.136. The fourth-order valence-electron chi connectivity index (χ4n) is 4.52. The molecule has 0 bridgehead atoms. The van der Waals surface area contributed by atoms with Gasteiger partial charge in [0.2, 0.25) is 5.91 Å². The zero-order chi connectivity index (χ0) is 22.6. The van der Waals surface area contributed by atoms with E-state index in [1.165, 1.54) is 4.90 Å². The first-order valence-corrected chi connectivity index (χ1v) is 10.8. The van der Waals surface area contributed by atoms with Gasteiger partial charge in [-0.3, -0.25) is 9.69 Å². The summed E-state index contributed by atoms with van der Waals surface area (Å²) in [6, 6.07) is 15.0. The first-order chi connectivity index (χ1) is 14.7. The minimum atomic E-state index is -0.773. The molecule has 3 rings (SSSR count). The van der Waals surface area contributed by atoms with Gasteiger partial charge in [-0.15, -0.1) is 0 Å². The van der Waals surface area contributed by atoms with Gasteiger partial charge in [-0.1, -0.05) is 44.2 Å². The minimum Gasteiger partial charge on any atom is -0.563 e. The van der Waals surface area contributed by atoms with Crippen molar-refractivity contribution in [2.75, 3.05) is 31.1 Å². The highest BCUT2D eigenvalue weighted by Gasteiger charge is 2.38. The second kappa shape index (κ2) is 9.52. The largest absolute Gasteiger partial charge is 0.563 e. The van der Waals surface area contributed by atoms with Gasteiger partial charge in [0.25, 0.3) is 0 Å². The van der Waals surface area contributed by atoms with Crippen molar-refractivity contribution in [3.05, 3.63) is 59.7 Å². The number of aryl methyl sites for hydroxylation is 1. The van der Waals surface area contributed by atoms with Crippen LogP contribution in [0.1, 0.15) is 37.8 Å². The van der Waals surface area contributed by atoms with Gasteiger partial charge < -0.3 is 15.1 Å². The van der Waals surface area contributed by atoms with Crippen LogP contribution in [0.25, 0.3) is 0 Å². The number of para-hydroxylation sites is 1. The Morgan fingerprint density at radius 2 is 1.97 bits per heavy atom. The molecule has 6 heteroatoms. The number of benzene rings is 2. The maximum atomic E-state index is 13.0. The normalized spacial score (nSPS) is 21.6. The Hall–Kier alpha value is -2.86. The summed E-state index contributed by atoms with van der Waals surface area (Å²) < 4.78 is 0. The SMILES string of the molecule is Cc1ccccc1N(CC(=O)[OH2+])C(=O)CCN1CCC(C)(c2cccc(O)c2)[C@@H](C)C1. The van der Waals surface area contributed by atoms with Crippen LogP contribution in [0.2, 0.25) is 0 Å². The summed E-state index contributed by atoms with van der Waals surface area (Å²) in [5, 5.41) is 17.2. The quantitative estimate of drug-likeness (QED) is 0.692. The van der Waals surface area contributed by atoms with Crippen molar-refractivity contribution in [2.24, 2.45) is 5.92 Å². The van der Waals surface area contributed by atoms with Gasteiger partial charge >= 0.3 is 5.97 Å². The average Bonchev–Trinajstić information content (AvgIpc) is 2.73. The summed E-state index contributed by atoms with van der Waals surface area (Å²) in [5.74, 6) is -0.256. The molecule has 3 N–H and O–H groups in total. The van der Waals surface area contributed by atoms with E-state index in [9.17, 15) is 14.7 Å². The third kappa shape index (κ3) is 5.25. The number of piperidine rings is 1. The van der Waals surface area contributed by atoms with Crippen molar-refractivity contribution < 1.29 is 19.8 Å². The Balaban J connectivity index is 1.64. The Bertz CT molecular complexity index is 945. The smallest absolute Gasteiger partial charge is 0.536 e. The minimum absolute atomic E-state index is 0.0237. The molecule has 0 aliphatic carbocycles. The highest BCUT2D eigenvalue weighted by Crippen LogP contribution is 2.40. The van der Waals surface area contributed by atoms with Crippen LogP contribution in [0.4, 0.5) is 5.69 Å². The van der Waals surface area contributed by atoms with Crippen molar-refractivity contribution in [2.45, 2.75) is 39.0 Å². The number of anilines is 1. The molecule has 2 aromatic rings. The van der Waals surface area contributed by atoms with E-state index in [2.05, 4.69) is 24.8 Å². The number of carbonyl (C=O) groups excluding carboxylic acids is 2. The van der Waals surface area contributed by atoms with Crippen LogP contribution < -0.4 is 4.90 Å². The molecule has 0 spiro atoms. The summed E-state index contributed by atoms with van der Waals surface area (Å²) in [5.41, 5.74) is 2.72. The highest BCUT2D eigenvalue weighted by molar-refractivity contribution is 5.98. The zero-order valence-corrected chi connectivity index (χ0v) is 18.6. The predicted molar refractivity (Wildman–Crippen MR) is 122 cm³/mol. The van der Waals surface area contributed by atoms with Gasteiger partial charge in [0, 0.05) is 30.0 Å². The third-order valence-corrected chi connectivity index (χ3v) is 6.72. The lowest BCUT2D eigenvalue weighted by Crippen LogP contribution is -2.48. The van der Waals surface area contributed by atoms with Gasteiger partial charge in [0.05, 0.1) is 0 Å². The lowest BCUT2D eigenvalue weighted by Gasteiger charge is -2.45. The molecule has 0 saturated carbocycles. The number of nitrogens with zero attached hydrogens (tertiary/aromatic N) is 2. The first kappa shape index (κ1) is 22.8. The molecule has 1 saturated heterocycles. The number of rotatable bonds is 7. The fraction of sp³-hybridized carbons (Fsp3) is 0.440. The van der Waals surface area contributed by atoms with E-state index in [1.54, 1.807) is 6.07 Å². The van der Waals surface area contributed by atoms with E-state index in [-0.39, 0.29) is 17.9 Å². The molecule has 1 amide bonds. The summed E-state index contributed by atoms with van der Waals surface area (Å²) in [6.45, 7) is 8.49. The van der Waals surface area contributed by atoms with Crippen LogP contribution in [0.15, 0.2) is 48.5 Å². The number of carbonyl (C=O) groups is 2. The number of aromatic hydroxyl groups is 1. The molecular formula is C25H33N2O4+. The number of phenolic OH excluding ortho intramolecular Hbond substituents is 1. The van der Waals surface area contributed by atoms with Crippen LogP contribution in [-0.2, 0) is 15.0 Å². The van der Waals surface area contributed by atoms with E-state index in [4.69, 9.17) is 5.11 Å². The molecule has 0 radical (unpaired) electrons. The zero-order valence-electron chi connectivity index (χ0n) is 18.6. The van der Waals surface area contributed by atoms with E-state index < -0.39 is 5.97 Å². The lowest BCUT2D eigenvalue weighted by atomic mass is 9.68. The maximum Gasteiger partial charge on any atom is 0.536 e. The van der Waals surface area contributed by atoms with Crippen LogP contribution in [0.3, 0.4) is 0 Å². The van der Waals surface area contributed by atoms with Crippen molar-refractivity contribution in [1.29, 1.82) is 0 Å². The fourth-order valence-corrected chi connectivity index (χ4v) is 4.52. The molecule has 1 aliphatic heterocycles. The molecule has 2 atom stereocenters. The van der Waals surface area contributed by atoms with E-state index in [0.29, 0.717) is 30.3 Å². The molecule has 1 heterocycles. The molecular weight excluding hydrogens is 392 g/mol. The van der Waals surface area contributed by atoms with Crippen LogP contribution in [-0.4, -0.2) is 53.2 Å². The average molecular weight is 426 g/mol. The molecule has 6 nitrogen and oxygen atoms in total. The second-order valence-corrected chi connectivity index (χ2v) is 8.86. The predicted octanol–water partition coefficient (Wildman–Crippen LogP) is 2.97. The molecule has 2 aromatic carbocycles. The molecule has 31 heavy (non-hydrogen) atoms. The van der Waals surface area contributed by atoms with Crippen molar-refractivity contribution in [3.63, 3.8) is 0 Å². The second-order valence-electron chi connectivity index (χ2n) is 8.86. The molecule has 166 valence electrons. The number of likely N-dealkylation sites (tertiary alicyclic amines) is 1. The van der Waals surface area contributed by atoms with Gasteiger partial charge in [0.15, 0.2) is 6.54 Å². The summed E-state index contributed by atoms with van der Waals surface area (Å²) in [6.07, 6.45) is 1.25. The van der Waals surface area contributed by atoms with E-state index in [0.717, 1.165) is 30.6 Å². The molecule has 1 fully saturated rings. The Morgan fingerprint density at radius 3 is 2.61 bits per heavy atom. The van der Waals surface area contributed by atoms with Crippen LogP contribution >= 0.6 is 0 Å². The summed E-state index contributed by atoms with van der Waals surface area (Å²) in [7, 11) is 0. The first-order valence-electron chi connectivity index (χ1n) is 10.8. The monoisotopic (exact) mass is 425 g/mol. The van der Waals surface area contributed by atoms with Gasteiger partial charge in [-0.05, 0) is 60.5 Å². The maximum absolute atomic E-state index is 13.0. The summed E-state index contributed by atoms with van der Waals surface area (Å²) >= 11 is 0. The molecule has 0 aromatic heterocycles. The van der Waals surface area contributed by atoms with E-state index in [1.807, 2.05) is 43.3 Å². The third-order valence-electron chi connectivity index (χ3n) is 6.72. The van der Waals surface area contributed by atoms with Gasteiger partial charge in [0.1, 0.15) is 5.75 Å². The van der Waals surface area contributed by atoms with Crippen molar-refractivity contribution in [1.82, 2.24) is 4.90 Å². The van der Waals surface area contributed by atoms with Crippen LogP contribution in [0, 0.1) is 12.8 Å². The van der Waals surface area contributed by atoms with Gasteiger partial charge in [-0.25, -0.2) is 0 Å². The van der Waals surface area contributed by atoms with Crippen LogP contribution in [0.5, 0.6) is 5.75 Å². The number of hydrogen-bond donors (Lipinski definition) is 1. The van der Waals surface area contributed by atoms with Gasteiger partial charge in [-0.2, -0.15) is 0 Å². The standard InChI is InChI=1S/C25H32N2O4/c1-18-7-4-5-10-22(18)27(17-24(30)31)23(29)11-13-26-14-12-25(3,19(2)16-26)20-8-6-9-21(28)15-20/h4-10,15,19,28H,11-14,16-17H2,1-3H3,(H,30,31)/p+1/t19-,25?/m0/s1. The molecule has 1 aliphatic rings. The Kier molecular flexibility index (Phi) is 7.01. The van der Waals surface area contributed by atoms with Crippen molar-refractivity contribution >= 4 is 17.6 Å². The number of phenols is 1. The Morgan fingerprint density at radius 1 is 1.23 bits per heavy atom. The molecule has 1 unspecified atom stereocenters. The summed E-state index contributed by atoms with van der Waals surface area (Å²) in [4.78, 5) is 28.2. The highest BCUT2D eigenvalue weighted by atomic mass is 16.4. The van der Waals surface area contributed by atoms with Crippen molar-refractivity contribution in [3.8, 4) is 5.75 Å². The topological polar surface area (TPSA) is 83.8 Å². The Labute approximate surface area is 184 Å².